The zero-order valence-corrected chi connectivity index (χ0v) is 20.3. The number of para-hydroxylation sites is 1. The van der Waals surface area contributed by atoms with Crippen LogP contribution in [-0.2, 0) is 14.3 Å². The van der Waals surface area contributed by atoms with Crippen molar-refractivity contribution in [3.63, 3.8) is 0 Å². The van der Waals surface area contributed by atoms with E-state index < -0.39 is 35.4 Å². The van der Waals surface area contributed by atoms with Gasteiger partial charge in [-0.3, -0.25) is 14.4 Å². The largest absolute Gasteiger partial charge is 0.469 e. The first kappa shape index (κ1) is 24.1. The fraction of sp³-hybridized carbons (Fsp3) is 0.241. The number of furan rings is 1. The van der Waals surface area contributed by atoms with Crippen molar-refractivity contribution >= 4 is 29.5 Å². The zero-order chi connectivity index (χ0) is 26.2. The number of nitrogens with zero attached hydrogens (tertiary/aromatic N) is 2. The third-order valence-corrected chi connectivity index (χ3v) is 6.86. The Balaban J connectivity index is 1.71. The van der Waals surface area contributed by atoms with Crippen LogP contribution in [0, 0.1) is 16.7 Å². The summed E-state index contributed by atoms with van der Waals surface area (Å²) < 4.78 is 16.3. The predicted octanol–water partition coefficient (Wildman–Crippen LogP) is 4.53. The number of esters is 2. The molecule has 37 heavy (non-hydrogen) atoms. The van der Waals surface area contributed by atoms with E-state index in [2.05, 4.69) is 6.07 Å². The predicted molar refractivity (Wildman–Crippen MR) is 134 cm³/mol. The van der Waals surface area contributed by atoms with Crippen LogP contribution in [0.1, 0.15) is 41.4 Å². The standard InChI is InChI=1S/C29H24N2O6/c1-3-35-28(34)29(17-30)24-15-12-19-7-4-5-8-22(19)31(24)26(25(29)23-9-6-16-36-23)27(33)20-10-13-21(14-11-20)37-18(2)32/h4-16,24-26H,3H2,1-2H3/t24-,25+,26-,29-/m0/s1. The minimum absolute atomic E-state index is 0.0797. The molecule has 0 saturated carbocycles. The molecule has 3 heterocycles. The van der Waals surface area contributed by atoms with E-state index in [1.54, 1.807) is 37.3 Å². The highest BCUT2D eigenvalue weighted by Crippen LogP contribution is 2.56. The minimum Gasteiger partial charge on any atom is -0.469 e. The second-order valence-electron chi connectivity index (χ2n) is 8.89. The molecule has 0 radical (unpaired) electrons. The fourth-order valence-corrected chi connectivity index (χ4v) is 5.42. The van der Waals surface area contributed by atoms with Gasteiger partial charge >= 0.3 is 11.9 Å². The second kappa shape index (κ2) is 9.43. The summed E-state index contributed by atoms with van der Waals surface area (Å²) in [7, 11) is 0. The monoisotopic (exact) mass is 496 g/mol. The Morgan fingerprint density at radius 3 is 2.49 bits per heavy atom. The average Bonchev–Trinajstić information content (AvgIpc) is 3.53. The molecule has 8 heteroatoms. The van der Waals surface area contributed by atoms with Gasteiger partial charge in [-0.2, -0.15) is 5.26 Å². The van der Waals surface area contributed by atoms with Crippen LogP contribution in [0.4, 0.5) is 5.69 Å². The van der Waals surface area contributed by atoms with Crippen LogP contribution in [0.25, 0.3) is 6.08 Å². The highest BCUT2D eigenvalue weighted by Gasteiger charge is 2.68. The van der Waals surface area contributed by atoms with Gasteiger partial charge in [0.2, 0.25) is 0 Å². The molecule has 2 aromatic carbocycles. The lowest BCUT2D eigenvalue weighted by Gasteiger charge is -2.36. The van der Waals surface area contributed by atoms with Crippen LogP contribution >= 0.6 is 0 Å². The van der Waals surface area contributed by atoms with Gasteiger partial charge in [-0.15, -0.1) is 0 Å². The van der Waals surface area contributed by atoms with Gasteiger partial charge in [-0.25, -0.2) is 0 Å². The van der Waals surface area contributed by atoms with Gasteiger partial charge < -0.3 is 18.8 Å². The summed E-state index contributed by atoms with van der Waals surface area (Å²) in [4.78, 5) is 41.0. The summed E-state index contributed by atoms with van der Waals surface area (Å²) in [5.74, 6) is -1.82. The Labute approximate surface area is 213 Å². The van der Waals surface area contributed by atoms with E-state index in [4.69, 9.17) is 13.9 Å². The normalized spacial score (nSPS) is 23.5. The molecular formula is C29H24N2O6. The maximum atomic E-state index is 14.3. The highest BCUT2D eigenvalue weighted by atomic mass is 16.5. The third-order valence-electron chi connectivity index (χ3n) is 6.86. The molecule has 0 unspecified atom stereocenters. The van der Waals surface area contributed by atoms with Crippen molar-refractivity contribution in [3.05, 3.63) is 89.9 Å². The first-order valence-corrected chi connectivity index (χ1v) is 11.9. The molecule has 0 aliphatic carbocycles. The van der Waals surface area contributed by atoms with E-state index in [1.807, 2.05) is 35.2 Å². The summed E-state index contributed by atoms with van der Waals surface area (Å²) in [5.41, 5.74) is 0.164. The van der Waals surface area contributed by atoms with E-state index in [1.165, 1.54) is 25.3 Å². The number of Topliss-reactive ketones (excluding diaryl/α,β-unsaturated/α-hetero) is 1. The second-order valence-corrected chi connectivity index (χ2v) is 8.89. The molecule has 2 aliphatic rings. The van der Waals surface area contributed by atoms with Gasteiger partial charge in [0.25, 0.3) is 0 Å². The van der Waals surface area contributed by atoms with Crippen molar-refractivity contribution in [2.75, 3.05) is 11.5 Å². The Hall–Kier alpha value is -4.64. The molecule has 0 spiro atoms. The number of ether oxygens (including phenoxy) is 2. The molecule has 0 N–H and O–H groups in total. The first-order chi connectivity index (χ1) is 17.9. The van der Waals surface area contributed by atoms with Gasteiger partial charge in [-0.1, -0.05) is 30.4 Å². The number of rotatable bonds is 6. The molecule has 1 saturated heterocycles. The van der Waals surface area contributed by atoms with Crippen molar-refractivity contribution in [3.8, 4) is 11.8 Å². The number of carbonyl (C=O) groups excluding carboxylic acids is 3. The van der Waals surface area contributed by atoms with Crippen molar-refractivity contribution < 1.29 is 28.3 Å². The number of carbonyl (C=O) groups is 3. The molecule has 5 rings (SSSR count). The van der Waals surface area contributed by atoms with Crippen molar-refractivity contribution in [1.29, 1.82) is 5.26 Å². The molecule has 4 atom stereocenters. The topological polar surface area (TPSA) is 110 Å². The summed E-state index contributed by atoms with van der Waals surface area (Å²) in [5, 5.41) is 10.6. The van der Waals surface area contributed by atoms with Gasteiger partial charge in [0.15, 0.2) is 11.2 Å². The van der Waals surface area contributed by atoms with E-state index in [0.717, 1.165) is 11.3 Å². The maximum absolute atomic E-state index is 14.3. The maximum Gasteiger partial charge on any atom is 0.329 e. The Morgan fingerprint density at radius 1 is 1.08 bits per heavy atom. The number of benzene rings is 2. The molecule has 1 aromatic heterocycles. The smallest absolute Gasteiger partial charge is 0.329 e. The van der Waals surface area contributed by atoms with E-state index in [0.29, 0.717) is 17.1 Å². The number of hydrogen-bond donors (Lipinski definition) is 0. The molecule has 1 fully saturated rings. The van der Waals surface area contributed by atoms with Crippen LogP contribution in [0.3, 0.4) is 0 Å². The van der Waals surface area contributed by atoms with Crippen molar-refractivity contribution in [1.82, 2.24) is 0 Å². The molecule has 186 valence electrons. The molecule has 3 aromatic rings. The van der Waals surface area contributed by atoms with Gasteiger partial charge in [-0.05, 0) is 55.0 Å². The van der Waals surface area contributed by atoms with E-state index in [9.17, 15) is 19.6 Å². The van der Waals surface area contributed by atoms with Gasteiger partial charge in [0.1, 0.15) is 17.6 Å². The fourth-order valence-electron chi connectivity index (χ4n) is 5.42. The van der Waals surface area contributed by atoms with Crippen molar-refractivity contribution in [2.24, 2.45) is 5.41 Å². The first-order valence-electron chi connectivity index (χ1n) is 11.9. The Kier molecular flexibility index (Phi) is 6.14. The van der Waals surface area contributed by atoms with Crippen LogP contribution in [0.15, 0.2) is 77.4 Å². The molecule has 0 amide bonds. The third kappa shape index (κ3) is 3.80. The number of anilines is 1. The summed E-state index contributed by atoms with van der Waals surface area (Å²) in [6.45, 7) is 3.05. The van der Waals surface area contributed by atoms with Crippen LogP contribution in [-0.4, -0.2) is 36.4 Å². The quantitative estimate of drug-likeness (QED) is 0.278. The van der Waals surface area contributed by atoms with E-state index in [-0.39, 0.29) is 12.4 Å². The lowest BCUT2D eigenvalue weighted by atomic mass is 9.70. The summed E-state index contributed by atoms with van der Waals surface area (Å²) >= 11 is 0. The lowest BCUT2D eigenvalue weighted by molar-refractivity contribution is -0.152. The Bertz CT molecular complexity index is 1420. The van der Waals surface area contributed by atoms with E-state index >= 15 is 0 Å². The number of hydrogen-bond acceptors (Lipinski definition) is 8. The summed E-state index contributed by atoms with van der Waals surface area (Å²) in [6.07, 6.45) is 5.11. The molecular weight excluding hydrogens is 472 g/mol. The number of ketones is 1. The lowest BCUT2D eigenvalue weighted by Crippen LogP contribution is -2.47. The zero-order valence-electron chi connectivity index (χ0n) is 20.3. The van der Waals surface area contributed by atoms with Gasteiger partial charge in [0, 0.05) is 18.2 Å². The number of nitriles is 1. The molecule has 2 aliphatic heterocycles. The SMILES string of the molecule is CCOC(=O)[C@]1(C#N)[C@H](c2ccco2)[C@@H](C(=O)c2ccc(OC(C)=O)cc2)N2c3ccccc3C=C[C@H]21. The molecule has 8 nitrogen and oxygen atoms in total. The minimum atomic E-state index is -1.75. The van der Waals surface area contributed by atoms with Crippen LogP contribution < -0.4 is 9.64 Å². The Morgan fingerprint density at radius 2 is 1.84 bits per heavy atom. The van der Waals surface area contributed by atoms with Gasteiger partial charge in [0.05, 0.1) is 30.9 Å². The summed E-state index contributed by atoms with van der Waals surface area (Å²) in [6, 6.07) is 17.6. The molecule has 0 bridgehead atoms. The van der Waals surface area contributed by atoms with Crippen LogP contribution in [0.2, 0.25) is 0 Å². The number of fused-ring (bicyclic) bond motifs is 3. The highest BCUT2D eigenvalue weighted by molar-refractivity contribution is 6.06. The average molecular weight is 497 g/mol. The van der Waals surface area contributed by atoms with Crippen LogP contribution in [0.5, 0.6) is 5.75 Å². The van der Waals surface area contributed by atoms with Crippen molar-refractivity contribution in [2.45, 2.75) is 31.8 Å².